The van der Waals surface area contributed by atoms with E-state index in [1.807, 2.05) is 11.0 Å². The zero-order chi connectivity index (χ0) is 15.4. The fraction of sp³-hybridized carbons (Fsp3) is 0.429. The Labute approximate surface area is 121 Å². The lowest BCUT2D eigenvalue weighted by Gasteiger charge is -2.36. The van der Waals surface area contributed by atoms with Gasteiger partial charge in [-0.25, -0.2) is 0 Å². The molecule has 1 fully saturated rings. The number of hydrogen-bond acceptors (Lipinski definition) is 5. The van der Waals surface area contributed by atoms with Gasteiger partial charge in [0.05, 0.1) is 11.3 Å². The Hall–Kier alpha value is -2.62. The number of carboxylic acids is 1. The van der Waals surface area contributed by atoms with E-state index in [1.54, 1.807) is 6.07 Å². The molecule has 1 N–H and O–H groups in total. The number of hydrogen-bond donors (Lipinski definition) is 1. The number of piperidine rings is 1. The van der Waals surface area contributed by atoms with Crippen LogP contribution in [0.5, 0.6) is 0 Å². The maximum Gasteiger partial charge on any atom is 0.305 e. The summed E-state index contributed by atoms with van der Waals surface area (Å²) in [5, 5.41) is 28.9. The first-order valence-corrected chi connectivity index (χ1v) is 6.70. The highest BCUT2D eigenvalue weighted by molar-refractivity contribution is 5.69. The molecule has 1 atom stereocenters. The highest BCUT2D eigenvalue weighted by atomic mass is 16.6. The number of anilines is 1. The van der Waals surface area contributed by atoms with Crippen molar-refractivity contribution < 1.29 is 14.8 Å². The number of carbonyl (C=O) groups is 1. The second kappa shape index (κ2) is 6.22. The molecule has 1 saturated heterocycles. The van der Waals surface area contributed by atoms with Crippen LogP contribution in [-0.4, -0.2) is 28.6 Å². The summed E-state index contributed by atoms with van der Waals surface area (Å²) >= 11 is 0. The second-order valence-corrected chi connectivity index (χ2v) is 5.01. The Morgan fingerprint density at radius 1 is 1.52 bits per heavy atom. The molecule has 0 saturated carbocycles. The summed E-state index contributed by atoms with van der Waals surface area (Å²) in [6, 6.07) is 6.05. The molecule has 2 rings (SSSR count). The van der Waals surface area contributed by atoms with Crippen LogP contribution in [0.15, 0.2) is 18.2 Å². The van der Waals surface area contributed by atoms with Crippen LogP contribution in [0, 0.1) is 21.4 Å². The normalized spacial score (nSPS) is 18.0. The van der Waals surface area contributed by atoms with Crippen molar-refractivity contribution in [3.05, 3.63) is 33.9 Å². The summed E-state index contributed by atoms with van der Waals surface area (Å²) in [6.07, 6.45) is 2.70. The van der Waals surface area contributed by atoms with Gasteiger partial charge in [0.15, 0.2) is 0 Å². The molecule has 0 aromatic heterocycles. The third-order valence-electron chi connectivity index (χ3n) is 3.67. The van der Waals surface area contributed by atoms with Crippen molar-refractivity contribution in [3.8, 4) is 6.07 Å². The number of nitrogens with zero attached hydrogens (tertiary/aromatic N) is 3. The van der Waals surface area contributed by atoms with E-state index in [-0.39, 0.29) is 23.7 Å². The van der Waals surface area contributed by atoms with Crippen molar-refractivity contribution in [1.82, 2.24) is 0 Å². The highest BCUT2D eigenvalue weighted by Crippen LogP contribution is 2.30. The lowest BCUT2D eigenvalue weighted by atomic mass is 9.98. The van der Waals surface area contributed by atoms with Gasteiger partial charge in [-0.15, -0.1) is 0 Å². The van der Waals surface area contributed by atoms with Gasteiger partial charge in [0.1, 0.15) is 11.6 Å². The van der Waals surface area contributed by atoms with Crippen LogP contribution >= 0.6 is 0 Å². The number of aliphatic carboxylic acids is 1. The van der Waals surface area contributed by atoms with E-state index in [0.29, 0.717) is 12.2 Å². The Morgan fingerprint density at radius 2 is 2.29 bits per heavy atom. The van der Waals surface area contributed by atoms with Gasteiger partial charge >= 0.3 is 5.97 Å². The molecule has 1 aliphatic rings. The van der Waals surface area contributed by atoms with E-state index in [2.05, 4.69) is 0 Å². The molecule has 0 radical (unpaired) electrons. The molecule has 110 valence electrons. The summed E-state index contributed by atoms with van der Waals surface area (Å²) < 4.78 is 0. The smallest absolute Gasteiger partial charge is 0.305 e. The maximum atomic E-state index is 10.9. The van der Waals surface area contributed by atoms with Crippen LogP contribution < -0.4 is 4.90 Å². The molecule has 1 aliphatic heterocycles. The number of nitriles is 1. The molecule has 1 aromatic carbocycles. The fourth-order valence-electron chi connectivity index (χ4n) is 2.71. The first kappa shape index (κ1) is 14.8. The van der Waals surface area contributed by atoms with E-state index in [0.717, 1.165) is 19.3 Å². The molecule has 0 amide bonds. The van der Waals surface area contributed by atoms with Crippen molar-refractivity contribution in [2.24, 2.45) is 0 Å². The van der Waals surface area contributed by atoms with Crippen molar-refractivity contribution in [2.75, 3.05) is 11.4 Å². The molecule has 0 bridgehead atoms. The number of benzene rings is 1. The van der Waals surface area contributed by atoms with Crippen LogP contribution in [-0.2, 0) is 4.79 Å². The third-order valence-corrected chi connectivity index (χ3v) is 3.67. The summed E-state index contributed by atoms with van der Waals surface area (Å²) in [5.41, 5.74) is 0.438. The Kier molecular flexibility index (Phi) is 4.38. The predicted octanol–water partition coefficient (Wildman–Crippen LogP) is 2.30. The van der Waals surface area contributed by atoms with Crippen molar-refractivity contribution in [3.63, 3.8) is 0 Å². The van der Waals surface area contributed by atoms with Gasteiger partial charge in [-0.3, -0.25) is 14.9 Å². The molecular weight excluding hydrogens is 274 g/mol. The number of nitro benzene ring substituents is 1. The van der Waals surface area contributed by atoms with E-state index >= 15 is 0 Å². The molecule has 7 heteroatoms. The van der Waals surface area contributed by atoms with Crippen LogP contribution in [0.3, 0.4) is 0 Å². The molecule has 1 heterocycles. The van der Waals surface area contributed by atoms with E-state index in [9.17, 15) is 14.9 Å². The van der Waals surface area contributed by atoms with Crippen molar-refractivity contribution >= 4 is 17.3 Å². The molecule has 21 heavy (non-hydrogen) atoms. The van der Waals surface area contributed by atoms with Gasteiger partial charge in [0.25, 0.3) is 5.69 Å². The summed E-state index contributed by atoms with van der Waals surface area (Å²) in [7, 11) is 0. The van der Waals surface area contributed by atoms with Crippen LogP contribution in [0.25, 0.3) is 0 Å². The SMILES string of the molecule is N#Cc1cc(N2CCCCC2CC(=O)O)ccc1[N+](=O)[O-]. The lowest BCUT2D eigenvalue weighted by molar-refractivity contribution is -0.385. The van der Waals surface area contributed by atoms with Gasteiger partial charge in [0, 0.05) is 24.3 Å². The quantitative estimate of drug-likeness (QED) is 0.673. The largest absolute Gasteiger partial charge is 0.481 e. The fourth-order valence-corrected chi connectivity index (χ4v) is 2.71. The second-order valence-electron chi connectivity index (χ2n) is 5.01. The summed E-state index contributed by atoms with van der Waals surface area (Å²) in [5.74, 6) is -0.866. The third kappa shape index (κ3) is 3.28. The number of nitro groups is 1. The molecule has 1 aromatic rings. The molecule has 1 unspecified atom stereocenters. The maximum absolute atomic E-state index is 10.9. The first-order chi connectivity index (χ1) is 10.0. The lowest BCUT2D eigenvalue weighted by Crippen LogP contribution is -2.41. The van der Waals surface area contributed by atoms with Gasteiger partial charge < -0.3 is 10.0 Å². The molecule has 7 nitrogen and oxygen atoms in total. The van der Waals surface area contributed by atoms with Gasteiger partial charge in [-0.05, 0) is 31.4 Å². The number of rotatable bonds is 4. The Bertz CT molecular complexity index is 609. The van der Waals surface area contributed by atoms with Crippen molar-refractivity contribution in [1.29, 1.82) is 5.26 Å². The molecule has 0 spiro atoms. The van der Waals surface area contributed by atoms with Crippen molar-refractivity contribution in [2.45, 2.75) is 31.7 Å². The van der Waals surface area contributed by atoms with Crippen LogP contribution in [0.4, 0.5) is 11.4 Å². The minimum atomic E-state index is -0.866. The minimum Gasteiger partial charge on any atom is -0.481 e. The van der Waals surface area contributed by atoms with E-state index in [4.69, 9.17) is 10.4 Å². The zero-order valence-electron chi connectivity index (χ0n) is 11.4. The monoisotopic (exact) mass is 289 g/mol. The van der Waals surface area contributed by atoms with Crippen LogP contribution in [0.2, 0.25) is 0 Å². The Morgan fingerprint density at radius 3 is 2.90 bits per heavy atom. The Balaban J connectivity index is 2.33. The summed E-state index contributed by atoms with van der Waals surface area (Å²) in [4.78, 5) is 23.1. The minimum absolute atomic E-state index is 0.00264. The average molecular weight is 289 g/mol. The van der Waals surface area contributed by atoms with E-state index < -0.39 is 10.9 Å². The van der Waals surface area contributed by atoms with Crippen LogP contribution in [0.1, 0.15) is 31.2 Å². The zero-order valence-corrected chi connectivity index (χ0v) is 11.4. The van der Waals surface area contributed by atoms with Gasteiger partial charge in [0.2, 0.25) is 0 Å². The highest BCUT2D eigenvalue weighted by Gasteiger charge is 2.26. The summed E-state index contributed by atoms with van der Waals surface area (Å²) in [6.45, 7) is 0.695. The predicted molar refractivity (Wildman–Crippen MR) is 75.0 cm³/mol. The molecule has 0 aliphatic carbocycles. The number of carboxylic acid groups (broad SMARTS) is 1. The van der Waals surface area contributed by atoms with Gasteiger partial charge in [-0.1, -0.05) is 0 Å². The standard InChI is InChI=1S/C14H15N3O4/c15-9-10-7-12(4-5-13(10)17(20)21)16-6-2-1-3-11(16)8-14(18)19/h4-5,7,11H,1-3,6,8H2,(H,18,19). The first-order valence-electron chi connectivity index (χ1n) is 6.70. The average Bonchev–Trinajstić information content (AvgIpc) is 2.46. The van der Waals surface area contributed by atoms with E-state index in [1.165, 1.54) is 12.1 Å². The van der Waals surface area contributed by atoms with Gasteiger partial charge in [-0.2, -0.15) is 5.26 Å². The molecular formula is C14H15N3O4. The topological polar surface area (TPSA) is 107 Å².